The van der Waals surface area contributed by atoms with E-state index in [0.29, 0.717) is 5.56 Å². The minimum atomic E-state index is -2.05. The first-order chi connectivity index (χ1) is 23.1. The van der Waals surface area contributed by atoms with E-state index in [0.717, 1.165) is 0 Å². The molecule has 1 amide bonds. The number of nitriles is 1. The van der Waals surface area contributed by atoms with Crippen LogP contribution in [0.15, 0.2) is 36.7 Å². The number of ketones is 1. The third kappa shape index (κ3) is 7.69. The van der Waals surface area contributed by atoms with Crippen LogP contribution in [0.25, 0.3) is 11.2 Å². The van der Waals surface area contributed by atoms with Crippen LogP contribution in [-0.2, 0) is 44.5 Å². The van der Waals surface area contributed by atoms with Gasteiger partial charge in [-0.05, 0) is 47.1 Å². The first-order valence-electron chi connectivity index (χ1n) is 15.4. The van der Waals surface area contributed by atoms with Gasteiger partial charge in [-0.3, -0.25) is 19.5 Å². The summed E-state index contributed by atoms with van der Waals surface area (Å²) in [6, 6.07) is 10.7. The Balaban J connectivity index is 1.77. The number of fused-ring (bicyclic) bond motifs is 1. The van der Waals surface area contributed by atoms with E-state index >= 15 is 0 Å². The van der Waals surface area contributed by atoms with Crippen LogP contribution in [0.2, 0.25) is 0 Å². The van der Waals surface area contributed by atoms with Crippen molar-refractivity contribution >= 4 is 40.8 Å². The molecule has 3 heterocycles. The van der Waals surface area contributed by atoms with Crippen LogP contribution < -0.4 is 5.32 Å². The fourth-order valence-electron chi connectivity index (χ4n) is 5.36. The lowest BCUT2D eigenvalue weighted by Gasteiger charge is -2.33. The molecular formula is C34H38N6O9. The monoisotopic (exact) mass is 674 g/mol. The van der Waals surface area contributed by atoms with Crippen molar-refractivity contribution in [3.8, 4) is 18.4 Å². The normalized spacial score (nSPS) is 21.5. The summed E-state index contributed by atoms with van der Waals surface area (Å²) >= 11 is 0. The maximum atomic E-state index is 13.4. The molecule has 1 saturated heterocycles. The number of ether oxygens (including phenoxy) is 5. The number of nitrogens with zero attached hydrogens (tertiary/aromatic N) is 5. The third-order valence-electron chi connectivity index (χ3n) is 7.79. The van der Waals surface area contributed by atoms with Crippen molar-refractivity contribution in [3.05, 3.63) is 48.0 Å². The Morgan fingerprint density at radius 3 is 2.41 bits per heavy atom. The number of terminal acetylenes is 1. The molecule has 1 aliphatic rings. The standard InChI is InChI=1S/C34H38N6O9/c1-9-33(8)23(18-46-34(20(3)41,30(43)45-10-2)16-22-14-12-11-13-15-22)48-29(26(33)47-21(4)42)40-19-36-25-27(37-24(17-35)38-28(25)40)39-31(44)49-32(5,6)7/h1,11-15,19,23,26,29H,10,16,18H2,2-8H3,(H,37,38,39,44)/t23-,26+,29-,33+,34?/m1/s1. The number of carbonyl (C=O) groups excluding carboxylic acids is 4. The van der Waals surface area contributed by atoms with Gasteiger partial charge in [0.05, 0.1) is 25.0 Å². The van der Waals surface area contributed by atoms with E-state index in [1.54, 1.807) is 65.0 Å². The molecule has 0 aliphatic carbocycles. The number of rotatable bonds is 11. The smallest absolute Gasteiger partial charge is 0.413 e. The summed E-state index contributed by atoms with van der Waals surface area (Å²) in [4.78, 5) is 64.3. The average molecular weight is 675 g/mol. The van der Waals surface area contributed by atoms with Crippen molar-refractivity contribution in [1.82, 2.24) is 19.5 Å². The first kappa shape index (κ1) is 36.5. The molecule has 258 valence electrons. The molecule has 4 rings (SSSR count). The van der Waals surface area contributed by atoms with Gasteiger partial charge < -0.3 is 23.7 Å². The molecule has 15 heteroatoms. The Hall–Kier alpha value is -5.38. The summed E-state index contributed by atoms with van der Waals surface area (Å²) in [5.41, 5.74) is -3.54. The van der Waals surface area contributed by atoms with Gasteiger partial charge in [0.1, 0.15) is 17.8 Å². The number of hydrogen-bond donors (Lipinski definition) is 1. The van der Waals surface area contributed by atoms with Crippen molar-refractivity contribution in [2.24, 2.45) is 5.41 Å². The number of benzene rings is 1. The molecule has 0 radical (unpaired) electrons. The van der Waals surface area contributed by atoms with E-state index in [-0.39, 0.29) is 35.8 Å². The second kappa shape index (κ2) is 14.4. The van der Waals surface area contributed by atoms with Crippen molar-refractivity contribution in [2.75, 3.05) is 18.5 Å². The van der Waals surface area contributed by atoms with Crippen molar-refractivity contribution in [3.63, 3.8) is 0 Å². The molecule has 5 atom stereocenters. The maximum absolute atomic E-state index is 13.4. The minimum absolute atomic E-state index is 0.00433. The molecule has 1 aromatic carbocycles. The lowest BCUT2D eigenvalue weighted by atomic mass is 9.81. The van der Waals surface area contributed by atoms with Gasteiger partial charge in [-0.15, -0.1) is 6.42 Å². The quantitative estimate of drug-likeness (QED) is 0.134. The number of hydrogen-bond acceptors (Lipinski definition) is 13. The van der Waals surface area contributed by atoms with E-state index in [4.69, 9.17) is 30.1 Å². The van der Waals surface area contributed by atoms with Crippen LogP contribution in [0.4, 0.5) is 10.6 Å². The summed E-state index contributed by atoms with van der Waals surface area (Å²) in [5.74, 6) is 0.0656. The van der Waals surface area contributed by atoms with Gasteiger partial charge in [0.2, 0.25) is 11.4 Å². The lowest BCUT2D eigenvalue weighted by Crippen LogP contribution is -2.53. The predicted molar refractivity (Wildman–Crippen MR) is 172 cm³/mol. The molecule has 1 fully saturated rings. The molecule has 3 aromatic rings. The van der Waals surface area contributed by atoms with Crippen LogP contribution in [0.1, 0.15) is 66.1 Å². The van der Waals surface area contributed by atoms with Gasteiger partial charge in [0.25, 0.3) is 0 Å². The Morgan fingerprint density at radius 2 is 1.84 bits per heavy atom. The highest BCUT2D eigenvalue weighted by molar-refractivity contribution is 6.06. The highest BCUT2D eigenvalue weighted by Gasteiger charge is 2.58. The van der Waals surface area contributed by atoms with Crippen LogP contribution in [0, 0.1) is 29.1 Å². The number of esters is 2. The summed E-state index contributed by atoms with van der Waals surface area (Å²) in [6.45, 7) is 10.3. The molecule has 0 saturated carbocycles. The number of Topliss-reactive ketones (excluding diaryl/α,β-unsaturated/α-hetero) is 1. The molecule has 49 heavy (non-hydrogen) atoms. The van der Waals surface area contributed by atoms with Gasteiger partial charge in [-0.25, -0.2) is 14.6 Å². The lowest BCUT2D eigenvalue weighted by molar-refractivity contribution is -0.182. The van der Waals surface area contributed by atoms with Gasteiger partial charge in [0.15, 0.2) is 35.1 Å². The SMILES string of the molecule is C#C[C@@]1(C)[C@@H](COC(Cc2ccccc2)(C(C)=O)C(=O)OCC)O[C@@H](n2cnc3c(NC(=O)OC(C)(C)C)nc(C#N)nc32)[C@@H]1OC(C)=O. The van der Waals surface area contributed by atoms with Gasteiger partial charge in [0, 0.05) is 13.3 Å². The predicted octanol–water partition coefficient (Wildman–Crippen LogP) is 3.66. The highest BCUT2D eigenvalue weighted by atomic mass is 16.6. The maximum Gasteiger partial charge on any atom is 0.413 e. The highest BCUT2D eigenvalue weighted by Crippen LogP contribution is 2.46. The molecular weight excluding hydrogens is 636 g/mol. The molecule has 1 unspecified atom stereocenters. The van der Waals surface area contributed by atoms with Gasteiger partial charge in [-0.1, -0.05) is 36.3 Å². The van der Waals surface area contributed by atoms with E-state index in [9.17, 15) is 24.4 Å². The van der Waals surface area contributed by atoms with Crippen molar-refractivity contribution < 1.29 is 42.9 Å². The molecule has 15 nitrogen and oxygen atoms in total. The van der Waals surface area contributed by atoms with Gasteiger partial charge in [-0.2, -0.15) is 15.2 Å². The summed E-state index contributed by atoms with van der Waals surface area (Å²) in [5, 5.41) is 12.2. The van der Waals surface area contributed by atoms with Crippen molar-refractivity contribution in [2.45, 2.75) is 84.5 Å². The fourth-order valence-corrected chi connectivity index (χ4v) is 5.36. The topological polar surface area (TPSA) is 194 Å². The largest absolute Gasteiger partial charge is 0.463 e. The second-order valence-electron chi connectivity index (χ2n) is 12.5. The first-order valence-corrected chi connectivity index (χ1v) is 15.4. The van der Waals surface area contributed by atoms with E-state index in [1.807, 2.05) is 6.07 Å². The second-order valence-corrected chi connectivity index (χ2v) is 12.5. The third-order valence-corrected chi connectivity index (χ3v) is 7.79. The fraction of sp³-hybridized carbons (Fsp3) is 0.471. The van der Waals surface area contributed by atoms with Crippen LogP contribution in [-0.4, -0.2) is 80.0 Å². The molecule has 1 N–H and O–H groups in total. The number of nitrogens with one attached hydrogen (secondary N) is 1. The number of aromatic nitrogens is 4. The minimum Gasteiger partial charge on any atom is -0.463 e. The average Bonchev–Trinajstić information content (AvgIpc) is 3.57. The van der Waals surface area contributed by atoms with Crippen LogP contribution in [0.3, 0.4) is 0 Å². The van der Waals surface area contributed by atoms with E-state index in [1.165, 1.54) is 24.7 Å². The van der Waals surface area contributed by atoms with Crippen molar-refractivity contribution in [1.29, 1.82) is 5.26 Å². The van der Waals surface area contributed by atoms with Gasteiger partial charge >= 0.3 is 18.0 Å². The Bertz CT molecular complexity index is 1820. The zero-order chi connectivity index (χ0) is 36.1. The number of carbonyl (C=O) groups is 4. The van der Waals surface area contributed by atoms with E-state index in [2.05, 4.69) is 26.2 Å². The summed E-state index contributed by atoms with van der Waals surface area (Å²) in [6.07, 6.45) is 2.92. The Labute approximate surface area is 283 Å². The Morgan fingerprint density at radius 1 is 1.14 bits per heavy atom. The molecule has 1 aliphatic heterocycles. The Kier molecular flexibility index (Phi) is 10.7. The molecule has 2 aromatic heterocycles. The zero-order valence-electron chi connectivity index (χ0n) is 28.3. The number of amides is 1. The summed E-state index contributed by atoms with van der Waals surface area (Å²) < 4.78 is 30.4. The number of anilines is 1. The molecule has 0 spiro atoms. The molecule has 0 bridgehead atoms. The number of imidazole rings is 1. The van der Waals surface area contributed by atoms with Crippen LogP contribution in [0.5, 0.6) is 0 Å². The van der Waals surface area contributed by atoms with E-state index < -0.39 is 65.5 Å². The van der Waals surface area contributed by atoms with Crippen LogP contribution >= 0.6 is 0 Å². The summed E-state index contributed by atoms with van der Waals surface area (Å²) in [7, 11) is 0. The zero-order valence-corrected chi connectivity index (χ0v) is 28.3.